The van der Waals surface area contributed by atoms with Gasteiger partial charge in [0.15, 0.2) is 11.5 Å². The number of hydrogen-bond acceptors (Lipinski definition) is 4. The molecule has 4 nitrogen and oxygen atoms in total. The van der Waals surface area contributed by atoms with Gasteiger partial charge in [-0.3, -0.25) is 4.79 Å². The summed E-state index contributed by atoms with van der Waals surface area (Å²) in [6.07, 6.45) is -0.639. The van der Waals surface area contributed by atoms with Crippen LogP contribution in [0.2, 0.25) is 5.02 Å². The lowest BCUT2D eigenvalue weighted by molar-refractivity contribution is -0.127. The molecule has 0 aromatic heterocycles. The Morgan fingerprint density at radius 2 is 2.04 bits per heavy atom. The fourth-order valence-corrected chi connectivity index (χ4v) is 3.88. The third-order valence-corrected chi connectivity index (χ3v) is 5.11. The molecule has 0 fully saturated rings. The Bertz CT molecular complexity index is 767. The molecular formula is C17H14ClNO3S. The average Bonchev–Trinajstić information content (AvgIpc) is 2.60. The molecule has 0 radical (unpaired) electrons. The predicted molar refractivity (Wildman–Crippen MR) is 90.9 cm³/mol. The summed E-state index contributed by atoms with van der Waals surface area (Å²) in [6.45, 7) is 0.855. The minimum atomic E-state index is -0.639. The van der Waals surface area contributed by atoms with Crippen LogP contribution in [0.15, 0.2) is 47.4 Å². The molecule has 2 aromatic carbocycles. The van der Waals surface area contributed by atoms with Crippen molar-refractivity contribution in [2.24, 2.45) is 0 Å². The van der Waals surface area contributed by atoms with Crippen LogP contribution in [0.1, 0.15) is 0 Å². The second kappa shape index (κ2) is 5.98. The Kier molecular flexibility index (Phi) is 3.83. The lowest BCUT2D eigenvalue weighted by atomic mass is 10.2. The smallest absolute Gasteiger partial charge is 0.271 e. The van der Waals surface area contributed by atoms with Gasteiger partial charge in [-0.15, -0.1) is 11.8 Å². The second-order valence-corrected chi connectivity index (χ2v) is 6.89. The number of nitrogens with zero attached hydrogens (tertiary/aromatic N) is 1. The molecule has 2 aliphatic rings. The number of carbonyl (C=O) groups excluding carboxylic acids is 1. The highest BCUT2D eigenvalue weighted by atomic mass is 35.5. The first-order valence-corrected chi connectivity index (χ1v) is 8.71. The van der Waals surface area contributed by atoms with Gasteiger partial charge in [0.25, 0.3) is 5.91 Å². The lowest BCUT2D eigenvalue weighted by Gasteiger charge is -2.33. The molecular weight excluding hydrogens is 334 g/mol. The monoisotopic (exact) mass is 347 g/mol. The summed E-state index contributed by atoms with van der Waals surface area (Å²) < 4.78 is 11.5. The topological polar surface area (TPSA) is 38.8 Å². The molecule has 0 spiro atoms. The van der Waals surface area contributed by atoms with Gasteiger partial charge >= 0.3 is 0 Å². The van der Waals surface area contributed by atoms with E-state index in [1.165, 1.54) is 0 Å². The number of halogens is 1. The number of ether oxygens (including phenoxy) is 2. The highest BCUT2D eigenvalue weighted by molar-refractivity contribution is 7.99. The summed E-state index contributed by atoms with van der Waals surface area (Å²) in [5, 5.41) is 0.621. The fourth-order valence-electron chi connectivity index (χ4n) is 2.73. The van der Waals surface area contributed by atoms with Crippen LogP contribution in [-0.4, -0.2) is 30.9 Å². The molecule has 0 bridgehead atoms. The maximum atomic E-state index is 12.9. The zero-order valence-electron chi connectivity index (χ0n) is 12.2. The van der Waals surface area contributed by atoms with Gasteiger partial charge in [-0.05, 0) is 30.3 Å². The number of hydrogen-bond donors (Lipinski definition) is 0. The molecule has 0 N–H and O–H groups in total. The molecule has 0 unspecified atom stereocenters. The highest BCUT2D eigenvalue weighted by Gasteiger charge is 2.33. The van der Waals surface area contributed by atoms with Crippen molar-refractivity contribution in [1.29, 1.82) is 0 Å². The number of thioether (sulfide) groups is 1. The van der Waals surface area contributed by atoms with E-state index >= 15 is 0 Å². The zero-order chi connectivity index (χ0) is 15.8. The van der Waals surface area contributed by atoms with Crippen LogP contribution in [0.25, 0.3) is 0 Å². The van der Waals surface area contributed by atoms with E-state index in [0.717, 1.165) is 16.3 Å². The molecule has 0 aliphatic carbocycles. The predicted octanol–water partition coefficient (Wildman–Crippen LogP) is 3.62. The third-order valence-electron chi connectivity index (χ3n) is 3.83. The number of anilines is 1. The Labute approximate surface area is 143 Å². The van der Waals surface area contributed by atoms with E-state index in [9.17, 15) is 4.79 Å². The van der Waals surface area contributed by atoms with E-state index in [2.05, 4.69) is 0 Å². The van der Waals surface area contributed by atoms with Crippen molar-refractivity contribution in [2.75, 3.05) is 23.8 Å². The van der Waals surface area contributed by atoms with E-state index in [1.807, 2.05) is 42.5 Å². The number of carbonyl (C=O) groups is 1. The molecule has 1 amide bonds. The number of para-hydroxylation sites is 2. The Morgan fingerprint density at radius 3 is 2.91 bits per heavy atom. The van der Waals surface area contributed by atoms with Crippen LogP contribution in [0, 0.1) is 0 Å². The van der Waals surface area contributed by atoms with Gasteiger partial charge in [0.2, 0.25) is 6.10 Å². The molecule has 0 saturated carbocycles. The number of rotatable bonds is 1. The number of fused-ring (bicyclic) bond motifs is 2. The van der Waals surface area contributed by atoms with Crippen molar-refractivity contribution in [2.45, 2.75) is 11.0 Å². The van der Waals surface area contributed by atoms with Crippen molar-refractivity contribution in [3.8, 4) is 11.5 Å². The Balaban J connectivity index is 1.60. The summed E-state index contributed by atoms with van der Waals surface area (Å²) in [5.41, 5.74) is 0.848. The van der Waals surface area contributed by atoms with Gasteiger partial charge in [0.05, 0.1) is 5.69 Å². The lowest BCUT2D eigenvalue weighted by Crippen LogP contribution is -2.48. The van der Waals surface area contributed by atoms with E-state index in [-0.39, 0.29) is 12.5 Å². The van der Waals surface area contributed by atoms with E-state index in [0.29, 0.717) is 23.1 Å². The first kappa shape index (κ1) is 14.7. The van der Waals surface area contributed by atoms with Crippen LogP contribution < -0.4 is 14.4 Å². The largest absolute Gasteiger partial charge is 0.485 e. The quantitative estimate of drug-likeness (QED) is 0.789. The van der Waals surface area contributed by atoms with Crippen LogP contribution in [-0.2, 0) is 4.79 Å². The van der Waals surface area contributed by atoms with Crippen molar-refractivity contribution in [3.63, 3.8) is 0 Å². The molecule has 6 heteroatoms. The minimum Gasteiger partial charge on any atom is -0.485 e. The third kappa shape index (κ3) is 2.75. The van der Waals surface area contributed by atoms with Crippen LogP contribution in [0.3, 0.4) is 0 Å². The first-order valence-electron chi connectivity index (χ1n) is 7.34. The number of benzene rings is 2. The molecule has 2 aliphatic heterocycles. The van der Waals surface area contributed by atoms with Crippen molar-refractivity contribution in [1.82, 2.24) is 0 Å². The zero-order valence-corrected chi connectivity index (χ0v) is 13.8. The molecule has 4 rings (SSSR count). The summed E-state index contributed by atoms with van der Waals surface area (Å²) >= 11 is 7.83. The van der Waals surface area contributed by atoms with Gasteiger partial charge in [0.1, 0.15) is 6.61 Å². The average molecular weight is 348 g/mol. The van der Waals surface area contributed by atoms with E-state index in [1.54, 1.807) is 16.7 Å². The highest BCUT2D eigenvalue weighted by Crippen LogP contribution is 2.38. The van der Waals surface area contributed by atoms with Crippen molar-refractivity contribution >= 4 is 35.0 Å². The molecule has 2 heterocycles. The SMILES string of the molecule is O=C([C@H]1COc2ccccc2O1)N1CCSc2ccc(Cl)cc21. The summed E-state index contributed by atoms with van der Waals surface area (Å²) in [5.74, 6) is 2.04. The summed E-state index contributed by atoms with van der Waals surface area (Å²) in [4.78, 5) is 15.7. The summed E-state index contributed by atoms with van der Waals surface area (Å²) in [7, 11) is 0. The van der Waals surface area contributed by atoms with Crippen LogP contribution >= 0.6 is 23.4 Å². The molecule has 0 saturated heterocycles. The minimum absolute atomic E-state index is 0.0941. The summed E-state index contributed by atoms with van der Waals surface area (Å²) in [6, 6.07) is 13.0. The van der Waals surface area contributed by atoms with Crippen LogP contribution in [0.5, 0.6) is 11.5 Å². The van der Waals surface area contributed by atoms with Crippen molar-refractivity contribution in [3.05, 3.63) is 47.5 Å². The van der Waals surface area contributed by atoms with E-state index < -0.39 is 6.10 Å². The molecule has 23 heavy (non-hydrogen) atoms. The van der Waals surface area contributed by atoms with E-state index in [4.69, 9.17) is 21.1 Å². The molecule has 2 aromatic rings. The Morgan fingerprint density at radius 1 is 1.22 bits per heavy atom. The van der Waals surface area contributed by atoms with Gasteiger partial charge in [0, 0.05) is 22.2 Å². The normalized spacial score (nSPS) is 19.2. The van der Waals surface area contributed by atoms with Crippen molar-refractivity contribution < 1.29 is 14.3 Å². The standard InChI is InChI=1S/C17H14ClNO3S/c18-11-5-6-16-12(9-11)19(7-8-23-16)17(20)15-10-21-13-3-1-2-4-14(13)22-15/h1-6,9,15H,7-8,10H2/t15-/m1/s1. The maximum Gasteiger partial charge on any atom is 0.271 e. The molecule has 1 atom stereocenters. The van der Waals surface area contributed by atoms with Gasteiger partial charge in [-0.2, -0.15) is 0 Å². The van der Waals surface area contributed by atoms with Gasteiger partial charge < -0.3 is 14.4 Å². The number of amides is 1. The maximum absolute atomic E-state index is 12.9. The second-order valence-electron chi connectivity index (χ2n) is 5.31. The fraction of sp³-hybridized carbons (Fsp3) is 0.235. The van der Waals surface area contributed by atoms with Gasteiger partial charge in [-0.1, -0.05) is 23.7 Å². The first-order chi connectivity index (χ1) is 11.2. The molecule has 118 valence electrons. The Hall–Kier alpha value is -1.85. The van der Waals surface area contributed by atoms with Gasteiger partial charge in [-0.25, -0.2) is 0 Å². The van der Waals surface area contributed by atoms with Crippen LogP contribution in [0.4, 0.5) is 5.69 Å².